The van der Waals surface area contributed by atoms with Gasteiger partial charge in [-0.25, -0.2) is 0 Å². The molecule has 1 heterocycles. The first-order chi connectivity index (χ1) is 14.0. The normalized spacial score (nSPS) is 19.3. The molecule has 1 saturated heterocycles. The Kier molecular flexibility index (Phi) is 6.77. The van der Waals surface area contributed by atoms with Gasteiger partial charge in [-0.1, -0.05) is 32.0 Å². The zero-order valence-corrected chi connectivity index (χ0v) is 17.4. The van der Waals surface area contributed by atoms with E-state index in [9.17, 15) is 9.90 Å². The average molecular weight is 399 g/mol. The Bertz CT molecular complexity index is 851. The second-order valence-corrected chi connectivity index (χ2v) is 7.43. The van der Waals surface area contributed by atoms with Crippen molar-refractivity contribution in [3.63, 3.8) is 0 Å². The highest BCUT2D eigenvalue weighted by atomic mass is 16.5. The first kappa shape index (κ1) is 21.1. The fourth-order valence-electron chi connectivity index (χ4n) is 3.74. The molecule has 0 saturated carbocycles. The maximum atomic E-state index is 13.4. The number of benzene rings is 2. The van der Waals surface area contributed by atoms with Gasteiger partial charge in [0.05, 0.1) is 33.5 Å². The van der Waals surface area contributed by atoms with E-state index in [0.717, 1.165) is 11.1 Å². The molecule has 2 aromatic carbocycles. The number of rotatable bonds is 6. The van der Waals surface area contributed by atoms with Crippen LogP contribution in [0.1, 0.15) is 47.3 Å². The van der Waals surface area contributed by atoms with Crippen LogP contribution >= 0.6 is 0 Å². The maximum absolute atomic E-state index is 13.4. The Labute approximate surface area is 172 Å². The number of aliphatic hydroxyl groups is 1. The minimum Gasteiger partial charge on any atom is -0.493 e. The van der Waals surface area contributed by atoms with E-state index in [2.05, 4.69) is 13.8 Å². The first-order valence-electron chi connectivity index (χ1n) is 9.85. The predicted octanol–water partition coefficient (Wildman–Crippen LogP) is 3.40. The summed E-state index contributed by atoms with van der Waals surface area (Å²) in [6, 6.07) is 12.8. The summed E-state index contributed by atoms with van der Waals surface area (Å²) in [4.78, 5) is 15.2. The molecule has 0 spiro atoms. The Morgan fingerprint density at radius 1 is 1.17 bits per heavy atom. The van der Waals surface area contributed by atoms with Crippen molar-refractivity contribution in [2.45, 2.75) is 31.9 Å². The fraction of sp³-hybridized carbons (Fsp3) is 0.435. The number of ether oxygens (including phenoxy) is 3. The van der Waals surface area contributed by atoms with Crippen LogP contribution in [-0.2, 0) is 4.74 Å². The number of carbonyl (C=O) groups is 1. The van der Waals surface area contributed by atoms with Gasteiger partial charge in [0.2, 0.25) is 0 Å². The summed E-state index contributed by atoms with van der Waals surface area (Å²) in [5, 5.41) is 9.92. The summed E-state index contributed by atoms with van der Waals surface area (Å²) >= 11 is 0. The van der Waals surface area contributed by atoms with Crippen molar-refractivity contribution in [3.8, 4) is 11.5 Å². The van der Waals surface area contributed by atoms with Crippen molar-refractivity contribution >= 4 is 5.91 Å². The van der Waals surface area contributed by atoms with E-state index < -0.39 is 12.1 Å². The SMILES string of the molecule is COc1ccc([C@@H]2[C@@H](CO)OCCN2C(=O)c2cccc(C(C)C)c2)cc1OC. The van der Waals surface area contributed by atoms with Crippen molar-refractivity contribution in [1.82, 2.24) is 4.90 Å². The Hall–Kier alpha value is -2.57. The molecule has 0 unspecified atom stereocenters. The quantitative estimate of drug-likeness (QED) is 0.806. The summed E-state index contributed by atoms with van der Waals surface area (Å²) in [6.07, 6.45) is -0.515. The lowest BCUT2D eigenvalue weighted by Gasteiger charge is -2.41. The molecule has 6 nitrogen and oxygen atoms in total. The van der Waals surface area contributed by atoms with Crippen molar-refractivity contribution in [3.05, 3.63) is 59.2 Å². The van der Waals surface area contributed by atoms with Crippen LogP contribution in [0.4, 0.5) is 0 Å². The molecule has 1 aliphatic heterocycles. The summed E-state index contributed by atoms with van der Waals surface area (Å²) in [5.41, 5.74) is 2.58. The second kappa shape index (κ2) is 9.29. The number of hydrogen-bond acceptors (Lipinski definition) is 5. The maximum Gasteiger partial charge on any atom is 0.254 e. The molecule has 1 amide bonds. The van der Waals surface area contributed by atoms with Crippen LogP contribution in [0.15, 0.2) is 42.5 Å². The van der Waals surface area contributed by atoms with E-state index >= 15 is 0 Å². The first-order valence-corrected chi connectivity index (χ1v) is 9.85. The zero-order chi connectivity index (χ0) is 21.0. The highest BCUT2D eigenvalue weighted by molar-refractivity contribution is 5.94. The van der Waals surface area contributed by atoms with E-state index in [4.69, 9.17) is 14.2 Å². The number of methoxy groups -OCH3 is 2. The van der Waals surface area contributed by atoms with Crippen LogP contribution in [0, 0.1) is 0 Å². The number of nitrogens with zero attached hydrogens (tertiary/aromatic N) is 1. The van der Waals surface area contributed by atoms with Crippen molar-refractivity contribution in [2.75, 3.05) is 34.0 Å². The number of hydrogen-bond donors (Lipinski definition) is 1. The predicted molar refractivity (Wildman–Crippen MR) is 111 cm³/mol. The number of morpholine rings is 1. The van der Waals surface area contributed by atoms with Crippen molar-refractivity contribution < 1.29 is 24.1 Å². The van der Waals surface area contributed by atoms with Gasteiger partial charge in [-0.05, 0) is 41.3 Å². The fourth-order valence-corrected chi connectivity index (χ4v) is 3.74. The molecule has 1 aliphatic rings. The average Bonchev–Trinajstić information content (AvgIpc) is 2.77. The molecule has 3 rings (SSSR count). The summed E-state index contributed by atoms with van der Waals surface area (Å²) in [7, 11) is 3.15. The zero-order valence-electron chi connectivity index (χ0n) is 17.4. The summed E-state index contributed by atoms with van der Waals surface area (Å²) < 4.78 is 16.5. The summed E-state index contributed by atoms with van der Waals surface area (Å²) in [5.74, 6) is 1.44. The van der Waals surface area contributed by atoms with Gasteiger partial charge in [0.1, 0.15) is 6.10 Å². The molecule has 2 atom stereocenters. The van der Waals surface area contributed by atoms with E-state index in [1.165, 1.54) is 0 Å². The van der Waals surface area contributed by atoms with Crippen LogP contribution in [0.3, 0.4) is 0 Å². The largest absolute Gasteiger partial charge is 0.493 e. The van der Waals surface area contributed by atoms with Gasteiger partial charge in [-0.15, -0.1) is 0 Å². The van der Waals surface area contributed by atoms with Crippen LogP contribution in [0.25, 0.3) is 0 Å². The highest BCUT2D eigenvalue weighted by Gasteiger charge is 2.37. The summed E-state index contributed by atoms with van der Waals surface area (Å²) in [6.45, 7) is 4.85. The third-order valence-corrected chi connectivity index (χ3v) is 5.34. The monoisotopic (exact) mass is 399 g/mol. The number of aliphatic hydroxyl groups excluding tert-OH is 1. The van der Waals surface area contributed by atoms with Gasteiger partial charge >= 0.3 is 0 Å². The Morgan fingerprint density at radius 2 is 1.93 bits per heavy atom. The van der Waals surface area contributed by atoms with Crippen molar-refractivity contribution in [1.29, 1.82) is 0 Å². The molecule has 1 fully saturated rings. The van der Waals surface area contributed by atoms with Crippen LogP contribution in [0.2, 0.25) is 0 Å². The van der Waals surface area contributed by atoms with Gasteiger partial charge in [0.25, 0.3) is 5.91 Å². The minimum absolute atomic E-state index is 0.0750. The van der Waals surface area contributed by atoms with Gasteiger partial charge in [0, 0.05) is 12.1 Å². The third-order valence-electron chi connectivity index (χ3n) is 5.34. The molecule has 1 N–H and O–H groups in total. The molecule has 0 radical (unpaired) electrons. The molecule has 0 bridgehead atoms. The molecule has 6 heteroatoms. The topological polar surface area (TPSA) is 68.2 Å². The third kappa shape index (κ3) is 4.38. The highest BCUT2D eigenvalue weighted by Crippen LogP contribution is 2.36. The molecular formula is C23H29NO5. The van der Waals surface area contributed by atoms with Crippen LogP contribution in [-0.4, -0.2) is 56.0 Å². The Balaban J connectivity index is 2.00. The lowest BCUT2D eigenvalue weighted by Crippen LogP contribution is -2.49. The molecule has 2 aromatic rings. The van der Waals surface area contributed by atoms with E-state index in [1.807, 2.05) is 36.4 Å². The van der Waals surface area contributed by atoms with Crippen LogP contribution < -0.4 is 9.47 Å². The molecule has 0 aliphatic carbocycles. The van der Waals surface area contributed by atoms with E-state index in [0.29, 0.717) is 36.1 Å². The molecule has 29 heavy (non-hydrogen) atoms. The second-order valence-electron chi connectivity index (χ2n) is 7.43. The van der Waals surface area contributed by atoms with Crippen molar-refractivity contribution in [2.24, 2.45) is 0 Å². The number of carbonyl (C=O) groups excluding carboxylic acids is 1. The van der Waals surface area contributed by atoms with Gasteiger partial charge in [0.15, 0.2) is 11.5 Å². The van der Waals surface area contributed by atoms with Gasteiger partial charge < -0.3 is 24.2 Å². The van der Waals surface area contributed by atoms with Gasteiger partial charge in [-0.3, -0.25) is 4.79 Å². The lowest BCUT2D eigenvalue weighted by atomic mass is 9.95. The smallest absolute Gasteiger partial charge is 0.254 e. The van der Waals surface area contributed by atoms with E-state index in [-0.39, 0.29) is 12.5 Å². The van der Waals surface area contributed by atoms with E-state index in [1.54, 1.807) is 25.2 Å². The standard InChI is InChI=1S/C23H29NO5/c1-15(2)16-6-5-7-18(12-16)23(26)24-10-11-29-21(14-25)22(24)17-8-9-19(27-3)20(13-17)28-4/h5-9,12-13,15,21-22,25H,10-11,14H2,1-4H3/t21-,22-/m1/s1. The molecule has 156 valence electrons. The van der Waals surface area contributed by atoms with Gasteiger partial charge in [-0.2, -0.15) is 0 Å². The number of amides is 1. The lowest BCUT2D eigenvalue weighted by molar-refractivity contribution is -0.0811. The minimum atomic E-state index is -0.515. The van der Waals surface area contributed by atoms with Crippen LogP contribution in [0.5, 0.6) is 11.5 Å². The Morgan fingerprint density at radius 3 is 2.59 bits per heavy atom. The molecular weight excluding hydrogens is 370 g/mol. The molecule has 0 aromatic heterocycles.